The zero-order valence-electron chi connectivity index (χ0n) is 17.1. The molecule has 1 aliphatic rings. The Balaban J connectivity index is 1.67. The fourth-order valence-electron chi connectivity index (χ4n) is 3.89. The van der Waals surface area contributed by atoms with Crippen LogP contribution in [0.5, 0.6) is 0 Å². The first-order chi connectivity index (χ1) is 14.5. The van der Waals surface area contributed by atoms with Crippen molar-refractivity contribution >= 4 is 28.6 Å². The van der Waals surface area contributed by atoms with Gasteiger partial charge in [0.2, 0.25) is 5.95 Å². The molecule has 0 spiro atoms. The van der Waals surface area contributed by atoms with Crippen molar-refractivity contribution in [2.45, 2.75) is 57.7 Å². The van der Waals surface area contributed by atoms with Crippen LogP contribution in [-0.4, -0.2) is 37.3 Å². The minimum atomic E-state index is -0.531. The van der Waals surface area contributed by atoms with Crippen LogP contribution in [0.3, 0.4) is 0 Å². The van der Waals surface area contributed by atoms with Crippen LogP contribution in [0.4, 0.5) is 21.8 Å². The number of nitrogens with two attached hydrogens (primary N) is 1. The highest BCUT2D eigenvalue weighted by Crippen LogP contribution is 2.32. The van der Waals surface area contributed by atoms with E-state index in [1.165, 1.54) is 31.4 Å². The fraction of sp³-hybridized carbons (Fsp3) is 0.476. The van der Waals surface area contributed by atoms with Crippen molar-refractivity contribution in [1.82, 2.24) is 19.5 Å². The predicted octanol–water partition coefficient (Wildman–Crippen LogP) is 3.46. The molecule has 1 unspecified atom stereocenters. The molecule has 0 aliphatic heterocycles. The Morgan fingerprint density at radius 2 is 2.03 bits per heavy atom. The number of nitrogen functional groups attached to an aromatic ring is 1. The Morgan fingerprint density at radius 3 is 2.80 bits per heavy atom. The van der Waals surface area contributed by atoms with Crippen LogP contribution in [0.2, 0.25) is 0 Å². The summed E-state index contributed by atoms with van der Waals surface area (Å²) in [7, 11) is 0. The zero-order valence-corrected chi connectivity index (χ0v) is 17.1. The highest BCUT2D eigenvalue weighted by molar-refractivity contribution is 5.84. The van der Waals surface area contributed by atoms with Crippen LogP contribution in [0.15, 0.2) is 24.5 Å². The van der Waals surface area contributed by atoms with Crippen molar-refractivity contribution in [2.24, 2.45) is 0 Å². The van der Waals surface area contributed by atoms with Gasteiger partial charge in [-0.1, -0.05) is 19.3 Å². The number of halogens is 1. The van der Waals surface area contributed by atoms with E-state index < -0.39 is 6.10 Å². The van der Waals surface area contributed by atoms with E-state index >= 15 is 0 Å². The van der Waals surface area contributed by atoms with Crippen molar-refractivity contribution in [3.05, 3.63) is 35.9 Å². The number of hydrogen-bond acceptors (Lipinski definition) is 7. The fourth-order valence-corrected chi connectivity index (χ4v) is 3.89. The molecule has 2 aromatic heterocycles. The Labute approximate surface area is 174 Å². The molecule has 2 heterocycles. The molecule has 0 bridgehead atoms. The summed E-state index contributed by atoms with van der Waals surface area (Å²) in [5.41, 5.74) is 8.55. The van der Waals surface area contributed by atoms with Gasteiger partial charge in [-0.05, 0) is 43.5 Å². The SMILES string of the molecule is CC(O)CNc1nc(NCc2cc(F)ccc2N)c2ncn(C3CCCCC3)c2n1. The number of hydrogen-bond donors (Lipinski definition) is 4. The van der Waals surface area contributed by atoms with E-state index in [0.29, 0.717) is 47.7 Å². The van der Waals surface area contributed by atoms with E-state index in [1.54, 1.807) is 13.0 Å². The molecule has 8 nitrogen and oxygen atoms in total. The summed E-state index contributed by atoms with van der Waals surface area (Å²) in [5.74, 6) is 0.622. The lowest BCUT2D eigenvalue weighted by atomic mass is 9.95. The molecule has 0 saturated heterocycles. The van der Waals surface area contributed by atoms with E-state index in [1.807, 2.05) is 6.33 Å². The maximum absolute atomic E-state index is 13.6. The minimum Gasteiger partial charge on any atom is -0.398 e. The molecule has 1 aliphatic carbocycles. The average molecular weight is 414 g/mol. The summed E-state index contributed by atoms with van der Waals surface area (Å²) in [4.78, 5) is 13.8. The van der Waals surface area contributed by atoms with Crippen LogP contribution >= 0.6 is 0 Å². The lowest BCUT2D eigenvalue weighted by molar-refractivity contribution is 0.208. The topological polar surface area (TPSA) is 114 Å². The Bertz CT molecular complexity index is 1010. The molecule has 0 amide bonds. The van der Waals surface area contributed by atoms with Crippen LogP contribution in [0.1, 0.15) is 50.6 Å². The average Bonchev–Trinajstić information content (AvgIpc) is 3.17. The van der Waals surface area contributed by atoms with Gasteiger partial charge in [-0.2, -0.15) is 9.97 Å². The standard InChI is InChI=1S/C21H28FN7O/c1-13(30)10-25-21-27-19(24-11-14-9-15(22)7-8-17(14)23)18-20(28-21)29(12-26-18)16-5-3-2-4-6-16/h7-9,12-13,16,30H,2-6,10-11,23H2,1H3,(H2,24,25,27,28). The number of nitrogens with one attached hydrogen (secondary N) is 2. The zero-order chi connectivity index (χ0) is 21.1. The van der Waals surface area contributed by atoms with Gasteiger partial charge in [-0.3, -0.25) is 0 Å². The highest BCUT2D eigenvalue weighted by Gasteiger charge is 2.21. The number of benzene rings is 1. The second-order valence-electron chi connectivity index (χ2n) is 7.94. The highest BCUT2D eigenvalue weighted by atomic mass is 19.1. The van der Waals surface area contributed by atoms with Crippen molar-refractivity contribution in [1.29, 1.82) is 0 Å². The first-order valence-corrected chi connectivity index (χ1v) is 10.5. The minimum absolute atomic E-state index is 0.307. The summed E-state index contributed by atoms with van der Waals surface area (Å²) in [6, 6.07) is 4.67. The number of aromatic nitrogens is 4. The molecule has 160 valence electrons. The Kier molecular flexibility index (Phi) is 5.98. The van der Waals surface area contributed by atoms with Crippen molar-refractivity contribution in [3.63, 3.8) is 0 Å². The van der Waals surface area contributed by atoms with Gasteiger partial charge < -0.3 is 26.0 Å². The lowest BCUT2D eigenvalue weighted by Crippen LogP contribution is -2.18. The normalized spacial score (nSPS) is 16.0. The first-order valence-electron chi connectivity index (χ1n) is 10.5. The third-order valence-electron chi connectivity index (χ3n) is 5.50. The van der Waals surface area contributed by atoms with Crippen molar-refractivity contribution in [2.75, 3.05) is 22.9 Å². The molecule has 1 saturated carbocycles. The predicted molar refractivity (Wildman–Crippen MR) is 116 cm³/mol. The van der Waals surface area contributed by atoms with E-state index in [0.717, 1.165) is 18.5 Å². The van der Waals surface area contributed by atoms with Gasteiger partial charge in [0.1, 0.15) is 5.82 Å². The van der Waals surface area contributed by atoms with Crippen LogP contribution in [0, 0.1) is 5.82 Å². The van der Waals surface area contributed by atoms with Gasteiger partial charge in [-0.15, -0.1) is 0 Å². The largest absolute Gasteiger partial charge is 0.398 e. The summed E-state index contributed by atoms with van der Waals surface area (Å²) >= 11 is 0. The van der Waals surface area contributed by atoms with E-state index in [2.05, 4.69) is 30.2 Å². The second kappa shape index (κ2) is 8.83. The third-order valence-corrected chi connectivity index (χ3v) is 5.50. The van der Waals surface area contributed by atoms with Gasteiger partial charge in [0.05, 0.1) is 12.4 Å². The number of aliphatic hydroxyl groups is 1. The van der Waals surface area contributed by atoms with E-state index in [-0.39, 0.29) is 5.82 Å². The van der Waals surface area contributed by atoms with Crippen LogP contribution < -0.4 is 16.4 Å². The molecule has 4 rings (SSSR count). The van der Waals surface area contributed by atoms with Gasteiger partial charge in [-0.25, -0.2) is 9.37 Å². The summed E-state index contributed by atoms with van der Waals surface area (Å²) in [6.07, 6.45) is 7.18. The number of aliphatic hydroxyl groups excluding tert-OH is 1. The maximum Gasteiger partial charge on any atom is 0.226 e. The van der Waals surface area contributed by atoms with E-state index in [4.69, 9.17) is 5.73 Å². The Morgan fingerprint density at radius 1 is 1.23 bits per heavy atom. The smallest absolute Gasteiger partial charge is 0.226 e. The number of nitrogens with zero attached hydrogens (tertiary/aromatic N) is 4. The molecule has 1 atom stereocenters. The second-order valence-corrected chi connectivity index (χ2v) is 7.94. The van der Waals surface area contributed by atoms with Crippen LogP contribution in [0.25, 0.3) is 11.2 Å². The number of rotatable bonds is 7. The molecule has 3 aromatic rings. The first kappa shape index (κ1) is 20.3. The molecule has 30 heavy (non-hydrogen) atoms. The van der Waals surface area contributed by atoms with Crippen LogP contribution in [-0.2, 0) is 6.54 Å². The maximum atomic E-state index is 13.6. The molecule has 0 radical (unpaired) electrons. The van der Waals surface area contributed by atoms with Gasteiger partial charge in [0.15, 0.2) is 17.0 Å². The molecule has 9 heteroatoms. The summed E-state index contributed by atoms with van der Waals surface area (Å²) < 4.78 is 15.7. The number of fused-ring (bicyclic) bond motifs is 1. The van der Waals surface area contributed by atoms with Gasteiger partial charge in [0, 0.05) is 24.8 Å². The number of anilines is 3. The van der Waals surface area contributed by atoms with Gasteiger partial charge >= 0.3 is 0 Å². The quantitative estimate of drug-likeness (QED) is 0.439. The summed E-state index contributed by atoms with van der Waals surface area (Å²) in [6.45, 7) is 2.34. The Hall–Kier alpha value is -2.94. The molecule has 1 fully saturated rings. The molecule has 5 N–H and O–H groups in total. The molecule has 1 aromatic carbocycles. The molecular formula is C21H28FN7O. The number of imidazole rings is 1. The third kappa shape index (κ3) is 4.46. The van der Waals surface area contributed by atoms with Crippen molar-refractivity contribution < 1.29 is 9.50 Å². The lowest BCUT2D eigenvalue weighted by Gasteiger charge is -2.23. The van der Waals surface area contributed by atoms with Gasteiger partial charge in [0.25, 0.3) is 0 Å². The van der Waals surface area contributed by atoms with E-state index in [9.17, 15) is 9.50 Å². The summed E-state index contributed by atoms with van der Waals surface area (Å²) in [5, 5.41) is 15.9. The monoisotopic (exact) mass is 413 g/mol. The molecular weight excluding hydrogens is 385 g/mol. The van der Waals surface area contributed by atoms with Crippen molar-refractivity contribution in [3.8, 4) is 0 Å².